The van der Waals surface area contributed by atoms with Gasteiger partial charge in [0.25, 0.3) is 5.91 Å². The summed E-state index contributed by atoms with van der Waals surface area (Å²) in [6.45, 7) is 4.98. The fourth-order valence-corrected chi connectivity index (χ4v) is 3.00. The number of carbonyl (C=O) groups excluding carboxylic acids is 2. The standard InChI is InChI=1S/C17H21N3O4.C2H6/c1-18-16(21)5-7-24-15-9-13-12(8-14(15)23-2)17(22)20-6-3-4-11(20)10-19-13;1-2/h8-11H,3-7H2,1-2H3,(H,18,21);1-2H3/t11-;/m0./s1. The zero-order chi connectivity index (χ0) is 19.1. The van der Waals surface area contributed by atoms with E-state index in [4.69, 9.17) is 9.47 Å². The van der Waals surface area contributed by atoms with Crippen LogP contribution in [-0.4, -0.2) is 56.3 Å². The highest BCUT2D eigenvalue weighted by molar-refractivity contribution is 6.03. The molecule has 2 heterocycles. The number of rotatable bonds is 5. The second-order valence-electron chi connectivity index (χ2n) is 5.78. The van der Waals surface area contributed by atoms with E-state index in [1.807, 2.05) is 25.0 Å². The van der Waals surface area contributed by atoms with Gasteiger partial charge in [-0.3, -0.25) is 14.6 Å². The van der Waals surface area contributed by atoms with Crippen LogP contribution in [0.25, 0.3) is 0 Å². The molecule has 2 amide bonds. The largest absolute Gasteiger partial charge is 0.493 e. The molecule has 0 saturated carbocycles. The normalized spacial score (nSPS) is 17.5. The van der Waals surface area contributed by atoms with Gasteiger partial charge in [0.05, 0.1) is 37.4 Å². The molecule has 0 radical (unpaired) electrons. The lowest BCUT2D eigenvalue weighted by Gasteiger charge is -2.20. The molecule has 26 heavy (non-hydrogen) atoms. The van der Waals surface area contributed by atoms with Crippen LogP contribution in [0.5, 0.6) is 11.5 Å². The van der Waals surface area contributed by atoms with Crippen LogP contribution in [0.3, 0.4) is 0 Å². The lowest BCUT2D eigenvalue weighted by Crippen LogP contribution is -2.35. The van der Waals surface area contributed by atoms with E-state index in [1.54, 1.807) is 19.2 Å². The van der Waals surface area contributed by atoms with Gasteiger partial charge in [-0.05, 0) is 18.9 Å². The molecule has 0 spiro atoms. The van der Waals surface area contributed by atoms with Gasteiger partial charge in [-0.2, -0.15) is 0 Å². The van der Waals surface area contributed by atoms with E-state index >= 15 is 0 Å². The maximum absolute atomic E-state index is 12.7. The number of amides is 2. The number of nitrogens with zero attached hydrogens (tertiary/aromatic N) is 2. The average molecular weight is 361 g/mol. The van der Waals surface area contributed by atoms with E-state index in [1.165, 1.54) is 7.11 Å². The summed E-state index contributed by atoms with van der Waals surface area (Å²) in [6, 6.07) is 3.44. The number of hydrogen-bond acceptors (Lipinski definition) is 5. The van der Waals surface area contributed by atoms with Crippen LogP contribution in [0.2, 0.25) is 0 Å². The van der Waals surface area contributed by atoms with Gasteiger partial charge < -0.3 is 19.7 Å². The van der Waals surface area contributed by atoms with Crippen LogP contribution in [0.15, 0.2) is 17.1 Å². The first-order valence-electron chi connectivity index (χ1n) is 9.04. The number of carbonyl (C=O) groups is 2. The fraction of sp³-hybridized carbons (Fsp3) is 0.526. The molecule has 7 heteroatoms. The first-order valence-corrected chi connectivity index (χ1v) is 9.04. The third kappa shape index (κ3) is 4.15. The van der Waals surface area contributed by atoms with Crippen LogP contribution in [0.1, 0.15) is 43.5 Å². The molecular formula is C19H27N3O4. The summed E-state index contributed by atoms with van der Waals surface area (Å²) in [5.74, 6) is 0.816. The fourth-order valence-electron chi connectivity index (χ4n) is 3.00. The van der Waals surface area contributed by atoms with Crippen molar-refractivity contribution in [2.24, 2.45) is 4.99 Å². The highest BCUT2D eigenvalue weighted by Gasteiger charge is 2.32. The van der Waals surface area contributed by atoms with Crippen LogP contribution in [-0.2, 0) is 4.79 Å². The number of benzene rings is 1. The number of hydrogen-bond donors (Lipinski definition) is 1. The molecule has 1 aromatic carbocycles. The van der Waals surface area contributed by atoms with Gasteiger partial charge in [0.2, 0.25) is 5.91 Å². The van der Waals surface area contributed by atoms with Crippen molar-refractivity contribution in [2.75, 3.05) is 27.3 Å². The Kier molecular flexibility index (Phi) is 7.00. The smallest absolute Gasteiger partial charge is 0.256 e. The summed E-state index contributed by atoms with van der Waals surface area (Å²) >= 11 is 0. The van der Waals surface area contributed by atoms with E-state index in [0.29, 0.717) is 22.7 Å². The Balaban J connectivity index is 0.00000117. The molecule has 1 saturated heterocycles. The zero-order valence-electron chi connectivity index (χ0n) is 15.9. The zero-order valence-corrected chi connectivity index (χ0v) is 15.9. The summed E-state index contributed by atoms with van der Waals surface area (Å²) in [5.41, 5.74) is 1.09. The molecule has 2 aliphatic rings. The van der Waals surface area contributed by atoms with Crippen molar-refractivity contribution in [3.63, 3.8) is 0 Å². The Morgan fingerprint density at radius 2 is 2.12 bits per heavy atom. The summed E-state index contributed by atoms with van der Waals surface area (Å²) in [7, 11) is 3.11. The lowest BCUT2D eigenvalue weighted by atomic mass is 10.1. The third-order valence-electron chi connectivity index (χ3n) is 4.32. The highest BCUT2D eigenvalue weighted by atomic mass is 16.5. The van der Waals surface area contributed by atoms with Crippen LogP contribution >= 0.6 is 0 Å². The molecule has 1 atom stereocenters. The maximum Gasteiger partial charge on any atom is 0.256 e. The van der Waals surface area contributed by atoms with Gasteiger partial charge in [-0.1, -0.05) is 13.8 Å². The lowest BCUT2D eigenvalue weighted by molar-refractivity contribution is -0.121. The number of ether oxygens (including phenoxy) is 2. The summed E-state index contributed by atoms with van der Waals surface area (Å²) in [5, 5.41) is 2.54. The van der Waals surface area contributed by atoms with E-state index in [9.17, 15) is 9.59 Å². The SMILES string of the molecule is CC.CNC(=O)CCOc1cc2c(cc1OC)C(=O)N1CCC[C@H]1C=N2. The quantitative estimate of drug-likeness (QED) is 0.874. The van der Waals surface area contributed by atoms with Gasteiger partial charge in [-0.25, -0.2) is 0 Å². The van der Waals surface area contributed by atoms with Crippen molar-refractivity contribution >= 4 is 23.7 Å². The number of fused-ring (bicyclic) bond motifs is 2. The van der Waals surface area contributed by atoms with Gasteiger partial charge in [0, 0.05) is 25.9 Å². The number of nitrogens with one attached hydrogen (secondary N) is 1. The van der Waals surface area contributed by atoms with E-state index in [0.717, 1.165) is 19.4 Å². The molecule has 1 aromatic rings. The predicted octanol–water partition coefficient (Wildman–Crippen LogP) is 2.56. The Hall–Kier alpha value is -2.57. The van der Waals surface area contributed by atoms with Crippen LogP contribution < -0.4 is 14.8 Å². The first kappa shape index (κ1) is 19.8. The molecule has 3 rings (SSSR count). The minimum atomic E-state index is -0.0995. The molecule has 0 bridgehead atoms. The summed E-state index contributed by atoms with van der Waals surface area (Å²) < 4.78 is 11.0. The van der Waals surface area contributed by atoms with Gasteiger partial charge in [-0.15, -0.1) is 0 Å². The molecular weight excluding hydrogens is 334 g/mol. The number of aliphatic imine (C=N–C) groups is 1. The molecule has 7 nitrogen and oxygen atoms in total. The molecule has 0 aromatic heterocycles. The highest BCUT2D eigenvalue weighted by Crippen LogP contribution is 2.38. The predicted molar refractivity (Wildman–Crippen MR) is 101 cm³/mol. The Morgan fingerprint density at radius 1 is 1.35 bits per heavy atom. The first-order chi connectivity index (χ1) is 12.6. The van der Waals surface area contributed by atoms with Gasteiger partial charge >= 0.3 is 0 Å². The van der Waals surface area contributed by atoms with Crippen molar-refractivity contribution in [3.8, 4) is 11.5 Å². The third-order valence-corrected chi connectivity index (χ3v) is 4.32. The topological polar surface area (TPSA) is 80.2 Å². The monoisotopic (exact) mass is 361 g/mol. The summed E-state index contributed by atoms with van der Waals surface area (Å²) in [6.07, 6.45) is 4.01. The molecule has 1 fully saturated rings. The Morgan fingerprint density at radius 3 is 2.81 bits per heavy atom. The average Bonchev–Trinajstić information content (AvgIpc) is 3.11. The van der Waals surface area contributed by atoms with Gasteiger partial charge in [0.15, 0.2) is 11.5 Å². The minimum absolute atomic E-state index is 0.0276. The van der Waals surface area contributed by atoms with Crippen molar-refractivity contribution in [1.29, 1.82) is 0 Å². The van der Waals surface area contributed by atoms with Crippen molar-refractivity contribution < 1.29 is 19.1 Å². The summed E-state index contributed by atoms with van der Waals surface area (Å²) in [4.78, 5) is 30.4. The second-order valence-corrected chi connectivity index (χ2v) is 5.78. The Bertz CT molecular complexity index is 688. The molecule has 0 aliphatic carbocycles. The van der Waals surface area contributed by atoms with E-state index < -0.39 is 0 Å². The van der Waals surface area contributed by atoms with Crippen molar-refractivity contribution in [1.82, 2.24) is 10.2 Å². The van der Waals surface area contributed by atoms with Crippen molar-refractivity contribution in [3.05, 3.63) is 17.7 Å². The molecule has 2 aliphatic heterocycles. The molecule has 142 valence electrons. The van der Waals surface area contributed by atoms with E-state index in [2.05, 4.69) is 10.3 Å². The van der Waals surface area contributed by atoms with Crippen molar-refractivity contribution in [2.45, 2.75) is 39.2 Å². The van der Waals surface area contributed by atoms with E-state index in [-0.39, 0.29) is 30.9 Å². The van der Waals surface area contributed by atoms with Gasteiger partial charge in [0.1, 0.15) is 0 Å². The molecule has 1 N–H and O–H groups in total. The maximum atomic E-state index is 12.7. The number of methoxy groups -OCH3 is 1. The molecule has 0 unspecified atom stereocenters. The minimum Gasteiger partial charge on any atom is -0.493 e. The van der Waals surface area contributed by atoms with Crippen LogP contribution in [0, 0.1) is 0 Å². The second kappa shape index (κ2) is 9.22. The Labute approximate surface area is 154 Å². The van der Waals surface area contributed by atoms with Crippen LogP contribution in [0.4, 0.5) is 5.69 Å².